The topological polar surface area (TPSA) is 64.6 Å². The van der Waals surface area contributed by atoms with Crippen LogP contribution in [0.25, 0.3) is 6.08 Å². The van der Waals surface area contributed by atoms with Crippen molar-refractivity contribution < 1.29 is 23.5 Å². The standard InChI is InChI=1S/C18H12FNO4S2/c1-23-14-8-10(9-15-16(21)20-18(25)26-15)2-7-13(14)24-17(22)11-3-5-12(19)6-4-11/h2-9H,1H3,(H,20,21,25)/b15-9+. The van der Waals surface area contributed by atoms with E-state index in [0.717, 1.165) is 0 Å². The van der Waals surface area contributed by atoms with Gasteiger partial charge in [0.1, 0.15) is 10.1 Å². The molecule has 1 fully saturated rings. The Bertz CT molecular complexity index is 925. The highest BCUT2D eigenvalue weighted by Gasteiger charge is 2.22. The van der Waals surface area contributed by atoms with Crippen LogP contribution in [0, 0.1) is 5.82 Å². The van der Waals surface area contributed by atoms with Crippen LogP contribution < -0.4 is 14.8 Å². The number of halogens is 1. The van der Waals surface area contributed by atoms with E-state index in [-0.39, 0.29) is 17.2 Å². The molecule has 0 spiro atoms. The molecule has 0 aromatic heterocycles. The summed E-state index contributed by atoms with van der Waals surface area (Å²) >= 11 is 6.12. The molecule has 0 aliphatic carbocycles. The summed E-state index contributed by atoms with van der Waals surface area (Å²) in [5.74, 6) is -0.801. The molecular formula is C18H12FNO4S2. The van der Waals surface area contributed by atoms with E-state index in [0.29, 0.717) is 20.5 Å². The fourth-order valence-corrected chi connectivity index (χ4v) is 3.22. The van der Waals surface area contributed by atoms with E-state index in [1.807, 2.05) is 0 Å². The Morgan fingerprint density at radius 2 is 1.92 bits per heavy atom. The number of ether oxygens (including phenoxy) is 2. The number of nitrogens with one attached hydrogen (secondary N) is 1. The summed E-state index contributed by atoms with van der Waals surface area (Å²) in [6, 6.07) is 9.90. The van der Waals surface area contributed by atoms with Gasteiger partial charge in [-0.3, -0.25) is 4.79 Å². The molecule has 2 aromatic carbocycles. The van der Waals surface area contributed by atoms with Crippen molar-refractivity contribution in [1.29, 1.82) is 0 Å². The Morgan fingerprint density at radius 1 is 1.19 bits per heavy atom. The van der Waals surface area contributed by atoms with Crippen molar-refractivity contribution in [2.75, 3.05) is 7.11 Å². The second-order valence-corrected chi connectivity index (χ2v) is 6.88. The lowest BCUT2D eigenvalue weighted by molar-refractivity contribution is -0.115. The van der Waals surface area contributed by atoms with Gasteiger partial charge in [0.05, 0.1) is 17.6 Å². The molecule has 2 aromatic rings. The summed E-state index contributed by atoms with van der Waals surface area (Å²) in [7, 11) is 1.44. The lowest BCUT2D eigenvalue weighted by Gasteiger charge is -2.10. The highest BCUT2D eigenvalue weighted by atomic mass is 32.2. The fourth-order valence-electron chi connectivity index (χ4n) is 2.18. The van der Waals surface area contributed by atoms with E-state index < -0.39 is 11.8 Å². The molecule has 3 rings (SSSR count). The highest BCUT2D eigenvalue weighted by Crippen LogP contribution is 2.32. The molecule has 0 radical (unpaired) electrons. The molecule has 1 aliphatic heterocycles. The van der Waals surface area contributed by atoms with Gasteiger partial charge in [-0.2, -0.15) is 0 Å². The number of benzene rings is 2. The first-order valence-corrected chi connectivity index (χ1v) is 8.59. The maximum atomic E-state index is 12.9. The van der Waals surface area contributed by atoms with Gasteiger partial charge in [0.25, 0.3) is 5.91 Å². The minimum Gasteiger partial charge on any atom is -0.493 e. The smallest absolute Gasteiger partial charge is 0.343 e. The zero-order valence-electron chi connectivity index (χ0n) is 13.4. The average molecular weight is 389 g/mol. The first kappa shape index (κ1) is 18.1. The molecule has 1 heterocycles. The summed E-state index contributed by atoms with van der Waals surface area (Å²) in [5.41, 5.74) is 0.901. The van der Waals surface area contributed by atoms with Crippen molar-refractivity contribution in [1.82, 2.24) is 5.32 Å². The van der Waals surface area contributed by atoms with Crippen LogP contribution in [0.4, 0.5) is 4.39 Å². The number of methoxy groups -OCH3 is 1. The van der Waals surface area contributed by atoms with Gasteiger partial charge in [-0.05, 0) is 48.0 Å². The van der Waals surface area contributed by atoms with Crippen molar-refractivity contribution in [3.05, 3.63) is 64.3 Å². The second kappa shape index (κ2) is 7.67. The number of carbonyl (C=O) groups excluding carboxylic acids is 2. The Balaban J connectivity index is 1.82. The zero-order valence-corrected chi connectivity index (χ0v) is 15.1. The maximum Gasteiger partial charge on any atom is 0.343 e. The molecule has 0 saturated carbocycles. The van der Waals surface area contributed by atoms with Crippen molar-refractivity contribution >= 4 is 46.3 Å². The van der Waals surface area contributed by atoms with E-state index in [4.69, 9.17) is 21.7 Å². The van der Waals surface area contributed by atoms with Crippen molar-refractivity contribution in [3.8, 4) is 11.5 Å². The highest BCUT2D eigenvalue weighted by molar-refractivity contribution is 8.26. The van der Waals surface area contributed by atoms with Gasteiger partial charge in [-0.15, -0.1) is 0 Å². The zero-order chi connectivity index (χ0) is 18.7. The molecule has 8 heteroatoms. The lowest BCUT2D eigenvalue weighted by Crippen LogP contribution is -2.17. The predicted molar refractivity (Wildman–Crippen MR) is 101 cm³/mol. The molecule has 26 heavy (non-hydrogen) atoms. The number of thioether (sulfide) groups is 1. The van der Waals surface area contributed by atoms with Crippen LogP contribution in [-0.4, -0.2) is 23.3 Å². The number of thiocarbonyl (C=S) groups is 1. The van der Waals surface area contributed by atoms with Crippen LogP contribution in [-0.2, 0) is 4.79 Å². The predicted octanol–water partition coefficient (Wildman–Crippen LogP) is 3.54. The molecular weight excluding hydrogens is 377 g/mol. The number of hydrogen-bond acceptors (Lipinski definition) is 6. The first-order valence-electron chi connectivity index (χ1n) is 7.37. The number of hydrogen-bond donors (Lipinski definition) is 1. The summed E-state index contributed by atoms with van der Waals surface area (Å²) in [4.78, 5) is 24.3. The fraction of sp³-hybridized carbons (Fsp3) is 0.0556. The van der Waals surface area contributed by atoms with Crippen LogP contribution in [0.3, 0.4) is 0 Å². The second-order valence-electron chi connectivity index (χ2n) is 5.16. The van der Waals surface area contributed by atoms with Gasteiger partial charge in [0.2, 0.25) is 0 Å². The Kier molecular flexibility index (Phi) is 5.34. The molecule has 0 unspecified atom stereocenters. The van der Waals surface area contributed by atoms with E-state index in [1.54, 1.807) is 24.3 Å². The van der Waals surface area contributed by atoms with Crippen molar-refractivity contribution in [2.24, 2.45) is 0 Å². The number of rotatable bonds is 4. The molecule has 1 N–H and O–H groups in total. The number of esters is 1. The summed E-state index contributed by atoms with van der Waals surface area (Å²) in [6.07, 6.45) is 1.66. The third-order valence-corrected chi connectivity index (χ3v) is 4.57. The van der Waals surface area contributed by atoms with Gasteiger partial charge in [0.15, 0.2) is 11.5 Å². The number of carbonyl (C=O) groups is 2. The molecule has 0 bridgehead atoms. The molecule has 1 amide bonds. The summed E-state index contributed by atoms with van der Waals surface area (Å²) in [6.45, 7) is 0. The minimum absolute atomic E-state index is 0.211. The minimum atomic E-state index is -0.634. The van der Waals surface area contributed by atoms with Gasteiger partial charge in [-0.25, -0.2) is 9.18 Å². The average Bonchev–Trinajstić information content (AvgIpc) is 2.93. The van der Waals surface area contributed by atoms with E-state index in [2.05, 4.69) is 5.32 Å². The van der Waals surface area contributed by atoms with E-state index >= 15 is 0 Å². The lowest BCUT2D eigenvalue weighted by atomic mass is 10.1. The van der Waals surface area contributed by atoms with Crippen LogP contribution in [0.5, 0.6) is 11.5 Å². The van der Waals surface area contributed by atoms with Crippen LogP contribution >= 0.6 is 24.0 Å². The van der Waals surface area contributed by atoms with Crippen molar-refractivity contribution in [2.45, 2.75) is 0 Å². The Hall–Kier alpha value is -2.71. The normalized spacial score (nSPS) is 15.1. The SMILES string of the molecule is COc1cc(/C=C2/SC(=S)NC2=O)ccc1OC(=O)c1ccc(F)cc1. The largest absolute Gasteiger partial charge is 0.493 e. The third-order valence-electron chi connectivity index (χ3n) is 3.41. The Labute approximate surface area is 158 Å². The van der Waals surface area contributed by atoms with Crippen LogP contribution in [0.2, 0.25) is 0 Å². The maximum absolute atomic E-state index is 12.9. The quantitative estimate of drug-likeness (QED) is 0.373. The van der Waals surface area contributed by atoms with Crippen LogP contribution in [0.1, 0.15) is 15.9 Å². The van der Waals surface area contributed by atoms with Gasteiger partial charge in [-0.1, -0.05) is 30.0 Å². The van der Waals surface area contributed by atoms with Gasteiger partial charge < -0.3 is 14.8 Å². The monoisotopic (exact) mass is 389 g/mol. The molecule has 0 atom stereocenters. The summed E-state index contributed by atoms with van der Waals surface area (Å²) in [5, 5.41) is 2.54. The molecule has 1 aliphatic rings. The number of amides is 1. The van der Waals surface area contributed by atoms with Gasteiger partial charge >= 0.3 is 5.97 Å². The third kappa shape index (κ3) is 4.09. The van der Waals surface area contributed by atoms with E-state index in [9.17, 15) is 14.0 Å². The van der Waals surface area contributed by atoms with Crippen LogP contribution in [0.15, 0.2) is 47.4 Å². The molecule has 1 saturated heterocycles. The molecule has 132 valence electrons. The summed E-state index contributed by atoms with van der Waals surface area (Å²) < 4.78 is 23.9. The van der Waals surface area contributed by atoms with Crippen molar-refractivity contribution in [3.63, 3.8) is 0 Å². The van der Waals surface area contributed by atoms with Gasteiger partial charge in [0, 0.05) is 0 Å². The van der Waals surface area contributed by atoms with E-state index in [1.165, 1.54) is 43.1 Å². The molecule has 5 nitrogen and oxygen atoms in total. The Morgan fingerprint density at radius 3 is 2.54 bits per heavy atom. The first-order chi connectivity index (χ1) is 12.5.